The Hall–Kier alpha value is -0.810. The summed E-state index contributed by atoms with van der Waals surface area (Å²) in [7, 11) is -3.00. The minimum Gasteiger partial charge on any atom is -0.468 e. The minimum absolute atomic E-state index is 0.0700. The molecule has 5 heteroatoms. The normalized spacial score (nSPS) is 14.0. The number of hydrogen-bond acceptors (Lipinski definition) is 4. The average Bonchev–Trinajstić information content (AvgIpc) is 2.63. The molecular weight excluding hydrogens is 214 g/mol. The molecule has 0 amide bonds. The molecule has 0 aromatic carbocycles. The van der Waals surface area contributed by atoms with Crippen LogP contribution in [0.4, 0.5) is 0 Å². The van der Waals surface area contributed by atoms with E-state index < -0.39 is 9.84 Å². The first-order valence-electron chi connectivity index (χ1n) is 4.97. The summed E-state index contributed by atoms with van der Waals surface area (Å²) in [6.07, 6.45) is 3.75. The summed E-state index contributed by atoms with van der Waals surface area (Å²) in [4.78, 5) is 0. The Morgan fingerprint density at radius 3 is 2.73 bits per heavy atom. The summed E-state index contributed by atoms with van der Waals surface area (Å²) in [6.45, 7) is 2.81. The van der Waals surface area contributed by atoms with Crippen molar-refractivity contribution in [2.24, 2.45) is 0 Å². The number of rotatable bonds is 6. The van der Waals surface area contributed by atoms with E-state index in [1.807, 2.05) is 6.92 Å². The van der Waals surface area contributed by atoms with Gasteiger partial charge in [0.15, 0.2) is 0 Å². The summed E-state index contributed by atoms with van der Waals surface area (Å²) >= 11 is 0. The topological polar surface area (TPSA) is 59.3 Å². The van der Waals surface area contributed by atoms with Crippen molar-refractivity contribution in [2.45, 2.75) is 19.4 Å². The van der Waals surface area contributed by atoms with E-state index in [0.29, 0.717) is 5.76 Å². The van der Waals surface area contributed by atoms with E-state index in [1.54, 1.807) is 18.4 Å². The third-order valence-electron chi connectivity index (χ3n) is 2.00. The smallest absolute Gasteiger partial charge is 0.149 e. The zero-order valence-electron chi connectivity index (χ0n) is 9.06. The molecule has 0 spiro atoms. The molecule has 0 aliphatic heterocycles. The van der Waals surface area contributed by atoms with Crippen LogP contribution in [0.25, 0.3) is 0 Å². The molecule has 0 fully saturated rings. The van der Waals surface area contributed by atoms with Crippen molar-refractivity contribution in [1.82, 2.24) is 5.32 Å². The lowest BCUT2D eigenvalue weighted by Gasteiger charge is -2.14. The summed E-state index contributed by atoms with van der Waals surface area (Å²) in [6, 6.07) is 3.31. The van der Waals surface area contributed by atoms with E-state index in [9.17, 15) is 8.42 Å². The molecule has 1 aromatic heterocycles. The van der Waals surface area contributed by atoms with Crippen LogP contribution in [0.3, 0.4) is 0 Å². The van der Waals surface area contributed by atoms with Crippen LogP contribution in [0.15, 0.2) is 22.8 Å². The first-order valence-corrected chi connectivity index (χ1v) is 7.03. The second-order valence-corrected chi connectivity index (χ2v) is 5.80. The SMILES string of the molecule is CCCNC(CS(C)(=O)=O)c1ccco1. The highest BCUT2D eigenvalue weighted by Crippen LogP contribution is 2.15. The first kappa shape index (κ1) is 12.3. The Labute approximate surface area is 90.6 Å². The fourth-order valence-corrected chi connectivity index (χ4v) is 2.24. The van der Waals surface area contributed by atoms with E-state index in [0.717, 1.165) is 13.0 Å². The molecule has 0 saturated heterocycles. The number of sulfone groups is 1. The zero-order chi connectivity index (χ0) is 11.3. The van der Waals surface area contributed by atoms with Gasteiger partial charge in [0.1, 0.15) is 15.6 Å². The maximum absolute atomic E-state index is 11.2. The number of furan rings is 1. The van der Waals surface area contributed by atoms with E-state index in [-0.39, 0.29) is 11.8 Å². The van der Waals surface area contributed by atoms with Gasteiger partial charge in [0.2, 0.25) is 0 Å². The highest BCUT2D eigenvalue weighted by atomic mass is 32.2. The second-order valence-electron chi connectivity index (χ2n) is 3.61. The Balaban J connectivity index is 2.70. The van der Waals surface area contributed by atoms with E-state index in [2.05, 4.69) is 5.32 Å². The maximum atomic E-state index is 11.2. The molecule has 0 radical (unpaired) electrons. The van der Waals surface area contributed by atoms with Crippen molar-refractivity contribution in [3.05, 3.63) is 24.2 Å². The van der Waals surface area contributed by atoms with Gasteiger partial charge >= 0.3 is 0 Å². The van der Waals surface area contributed by atoms with Gasteiger partial charge in [-0.05, 0) is 25.1 Å². The molecule has 1 unspecified atom stereocenters. The number of nitrogens with one attached hydrogen (secondary N) is 1. The molecule has 15 heavy (non-hydrogen) atoms. The molecule has 1 rings (SSSR count). The van der Waals surface area contributed by atoms with E-state index in [1.165, 1.54) is 6.26 Å². The Kier molecular flexibility index (Phi) is 4.35. The fourth-order valence-electron chi connectivity index (χ4n) is 1.35. The Morgan fingerprint density at radius 2 is 2.27 bits per heavy atom. The zero-order valence-corrected chi connectivity index (χ0v) is 9.88. The molecule has 0 aliphatic rings. The summed E-state index contributed by atoms with van der Waals surface area (Å²) in [5, 5.41) is 3.16. The van der Waals surface area contributed by atoms with Gasteiger partial charge < -0.3 is 9.73 Å². The lowest BCUT2D eigenvalue weighted by Crippen LogP contribution is -2.28. The van der Waals surface area contributed by atoms with Crippen molar-refractivity contribution in [1.29, 1.82) is 0 Å². The van der Waals surface area contributed by atoms with Gasteiger partial charge in [0.05, 0.1) is 18.1 Å². The molecule has 1 atom stereocenters. The van der Waals surface area contributed by atoms with Crippen LogP contribution in [0.5, 0.6) is 0 Å². The molecule has 0 aliphatic carbocycles. The molecule has 4 nitrogen and oxygen atoms in total. The molecular formula is C10H17NO3S. The van der Waals surface area contributed by atoms with Crippen LogP contribution in [-0.4, -0.2) is 27.0 Å². The molecule has 0 saturated carbocycles. The van der Waals surface area contributed by atoms with Crippen LogP contribution >= 0.6 is 0 Å². The minimum atomic E-state index is -3.00. The molecule has 0 bridgehead atoms. The second kappa shape index (κ2) is 5.32. The standard InChI is InChI=1S/C10H17NO3S/c1-3-6-11-9(8-15(2,12)13)10-5-4-7-14-10/h4-5,7,9,11H,3,6,8H2,1-2H3. The summed E-state index contributed by atoms with van der Waals surface area (Å²) in [5.41, 5.74) is 0. The third kappa shape index (κ3) is 4.48. The first-order chi connectivity index (χ1) is 7.03. The predicted molar refractivity (Wildman–Crippen MR) is 59.5 cm³/mol. The lowest BCUT2D eigenvalue weighted by molar-refractivity contribution is 0.430. The highest BCUT2D eigenvalue weighted by Gasteiger charge is 2.18. The van der Waals surface area contributed by atoms with Gasteiger partial charge in [0, 0.05) is 6.26 Å². The van der Waals surface area contributed by atoms with Crippen molar-refractivity contribution in [3.8, 4) is 0 Å². The Morgan fingerprint density at radius 1 is 1.53 bits per heavy atom. The van der Waals surface area contributed by atoms with Crippen LogP contribution in [-0.2, 0) is 9.84 Å². The quantitative estimate of drug-likeness (QED) is 0.803. The van der Waals surface area contributed by atoms with Crippen molar-refractivity contribution >= 4 is 9.84 Å². The third-order valence-corrected chi connectivity index (χ3v) is 2.94. The Bertz CT molecular complexity index is 369. The predicted octanol–water partition coefficient (Wildman–Crippen LogP) is 1.36. The van der Waals surface area contributed by atoms with Gasteiger partial charge in [-0.3, -0.25) is 0 Å². The highest BCUT2D eigenvalue weighted by molar-refractivity contribution is 7.90. The van der Waals surface area contributed by atoms with Gasteiger partial charge in [-0.1, -0.05) is 6.92 Å². The average molecular weight is 231 g/mol. The van der Waals surface area contributed by atoms with Gasteiger partial charge in [-0.15, -0.1) is 0 Å². The van der Waals surface area contributed by atoms with E-state index >= 15 is 0 Å². The molecule has 1 heterocycles. The monoisotopic (exact) mass is 231 g/mol. The van der Waals surface area contributed by atoms with Crippen LogP contribution < -0.4 is 5.32 Å². The lowest BCUT2D eigenvalue weighted by atomic mass is 10.2. The maximum Gasteiger partial charge on any atom is 0.149 e. The van der Waals surface area contributed by atoms with Crippen LogP contribution in [0.2, 0.25) is 0 Å². The van der Waals surface area contributed by atoms with Crippen molar-refractivity contribution < 1.29 is 12.8 Å². The van der Waals surface area contributed by atoms with Gasteiger partial charge in [0.25, 0.3) is 0 Å². The van der Waals surface area contributed by atoms with Gasteiger partial charge in [-0.25, -0.2) is 8.42 Å². The summed E-state index contributed by atoms with van der Waals surface area (Å²) < 4.78 is 27.6. The fraction of sp³-hybridized carbons (Fsp3) is 0.600. The van der Waals surface area contributed by atoms with Gasteiger partial charge in [-0.2, -0.15) is 0 Å². The van der Waals surface area contributed by atoms with E-state index in [4.69, 9.17) is 4.42 Å². The molecule has 1 N–H and O–H groups in total. The van der Waals surface area contributed by atoms with Crippen molar-refractivity contribution in [3.63, 3.8) is 0 Å². The van der Waals surface area contributed by atoms with Crippen LogP contribution in [0, 0.1) is 0 Å². The van der Waals surface area contributed by atoms with Crippen molar-refractivity contribution in [2.75, 3.05) is 18.6 Å². The largest absolute Gasteiger partial charge is 0.468 e. The molecule has 86 valence electrons. The summed E-state index contributed by atoms with van der Waals surface area (Å²) in [5.74, 6) is 0.745. The molecule has 1 aromatic rings. The number of hydrogen-bond donors (Lipinski definition) is 1. The van der Waals surface area contributed by atoms with Crippen LogP contribution in [0.1, 0.15) is 25.1 Å².